The molecule has 0 fully saturated rings. The van der Waals surface area contributed by atoms with Gasteiger partial charge in [0, 0.05) is 143 Å². The molecule has 7 aromatic heterocycles. The number of benzene rings is 12. The van der Waals surface area contributed by atoms with Gasteiger partial charge in [0.25, 0.3) is 0 Å². The molecule has 4 unspecified atom stereocenters. The van der Waals surface area contributed by atoms with E-state index in [0.29, 0.717) is 5.92 Å². The number of aliphatic hydroxyl groups excluding tert-OH is 1. The van der Waals surface area contributed by atoms with E-state index < -0.39 is 0 Å². The first-order chi connectivity index (χ1) is 59.3. The number of nitrogens with one attached hydrogen (secondary N) is 7. The molecule has 120 heavy (non-hydrogen) atoms. The number of rotatable bonds is 15. The zero-order chi connectivity index (χ0) is 80.6. The summed E-state index contributed by atoms with van der Waals surface area (Å²) in [4.78, 5) is 37.8. The van der Waals surface area contributed by atoms with Crippen molar-refractivity contribution < 1.29 is 9.90 Å². The first-order valence-corrected chi connectivity index (χ1v) is 42.3. The second-order valence-electron chi connectivity index (χ2n) is 32.3. The van der Waals surface area contributed by atoms with E-state index in [4.69, 9.17) is 0 Å². The van der Waals surface area contributed by atoms with Gasteiger partial charge in [0.2, 0.25) is 0 Å². The minimum atomic E-state index is -0.383. The SMILES string of the molecule is C1=C(C(c2c[nH]c3ccccc23)c2c[nH]c3ccccc23)c2ccccc2C1.C1=C(Cc2c[nH]c3ccccc23)c2ccccc2C1.CC(C1=CCc2ccccc21)c1c[nH]c2ccccc12.CCC(O)C(C1=CCc2ccccc21)c1c[nH]c2ccccc12.O=C(c1c[nH]c2ccccc12)C(C1=CCc2ccccc21)c1c[nH]c2ccccc12. The van der Waals surface area contributed by atoms with Crippen LogP contribution in [0.1, 0.15) is 143 Å². The van der Waals surface area contributed by atoms with Crippen LogP contribution >= 0.6 is 0 Å². The van der Waals surface area contributed by atoms with Crippen molar-refractivity contribution in [2.45, 2.75) is 88.6 Å². The van der Waals surface area contributed by atoms with Gasteiger partial charge in [0.15, 0.2) is 5.78 Å². The summed E-state index contributed by atoms with van der Waals surface area (Å²) in [5.41, 5.74) is 36.8. The lowest BCUT2D eigenvalue weighted by atomic mass is 9.82. The maximum atomic E-state index is 14.1. The van der Waals surface area contributed by atoms with Crippen molar-refractivity contribution >= 4 is 110 Å². The Balaban J connectivity index is 0.0000000969. The van der Waals surface area contributed by atoms with Crippen LogP contribution in [-0.2, 0) is 38.5 Å². The Labute approximate surface area is 698 Å². The summed E-state index contributed by atoms with van der Waals surface area (Å²) in [5.74, 6) is 0.398. The largest absolute Gasteiger partial charge is 0.392 e. The Morgan fingerprint density at radius 2 is 0.625 bits per heavy atom. The molecule has 0 spiro atoms. The minimum Gasteiger partial charge on any atom is -0.392 e. The van der Waals surface area contributed by atoms with Crippen molar-refractivity contribution in [3.8, 4) is 0 Å². The highest BCUT2D eigenvalue weighted by molar-refractivity contribution is 6.17. The van der Waals surface area contributed by atoms with E-state index in [2.05, 4.69) is 352 Å². The van der Waals surface area contributed by atoms with Gasteiger partial charge in [0.1, 0.15) is 0 Å². The molecule has 584 valence electrons. The Morgan fingerprint density at radius 3 is 1.13 bits per heavy atom. The van der Waals surface area contributed by atoms with Gasteiger partial charge in [-0.05, 0) is 204 Å². The molecule has 5 aliphatic rings. The topological polar surface area (TPSA) is 148 Å². The van der Waals surface area contributed by atoms with Gasteiger partial charge in [-0.1, -0.05) is 293 Å². The first kappa shape index (κ1) is 74.6. The van der Waals surface area contributed by atoms with Crippen molar-refractivity contribution in [3.05, 3.63) is 460 Å². The quantitative estimate of drug-likeness (QED) is 0.0483. The molecule has 7 heterocycles. The van der Waals surface area contributed by atoms with Crippen molar-refractivity contribution in [1.82, 2.24) is 34.9 Å². The van der Waals surface area contributed by atoms with Crippen molar-refractivity contribution in [1.29, 1.82) is 0 Å². The highest BCUT2D eigenvalue weighted by atomic mass is 16.3. The summed E-state index contributed by atoms with van der Waals surface area (Å²) in [7, 11) is 0. The molecule has 8 N–H and O–H groups in total. The van der Waals surface area contributed by atoms with E-state index >= 15 is 0 Å². The van der Waals surface area contributed by atoms with Crippen LogP contribution in [0.25, 0.3) is 104 Å². The zero-order valence-electron chi connectivity index (χ0n) is 67.3. The van der Waals surface area contributed by atoms with Gasteiger partial charge in [-0.3, -0.25) is 4.79 Å². The van der Waals surface area contributed by atoms with Gasteiger partial charge < -0.3 is 40.0 Å². The van der Waals surface area contributed by atoms with E-state index in [9.17, 15) is 9.90 Å². The van der Waals surface area contributed by atoms with E-state index in [0.717, 1.165) is 89.0 Å². The summed E-state index contributed by atoms with van der Waals surface area (Å²) in [6.45, 7) is 4.36. The molecule has 0 radical (unpaired) electrons. The number of hydrogen-bond donors (Lipinski definition) is 8. The van der Waals surface area contributed by atoms with Crippen LogP contribution in [0.5, 0.6) is 0 Å². The second kappa shape index (κ2) is 32.7. The highest BCUT2D eigenvalue weighted by Crippen LogP contribution is 2.49. The second-order valence-corrected chi connectivity index (χ2v) is 32.3. The third-order valence-corrected chi connectivity index (χ3v) is 25.7. The molecule has 0 aliphatic heterocycles. The summed E-state index contributed by atoms with van der Waals surface area (Å²) in [6.07, 6.45) is 32.7. The summed E-state index contributed by atoms with van der Waals surface area (Å²) < 4.78 is 0. The van der Waals surface area contributed by atoms with Crippen molar-refractivity contribution in [3.63, 3.8) is 0 Å². The van der Waals surface area contributed by atoms with Gasteiger partial charge in [-0.15, -0.1) is 0 Å². The van der Waals surface area contributed by atoms with E-state index in [1.54, 1.807) is 0 Å². The van der Waals surface area contributed by atoms with Crippen LogP contribution in [0.4, 0.5) is 0 Å². The molecule has 0 saturated carbocycles. The fourth-order valence-electron chi connectivity index (χ4n) is 19.7. The minimum absolute atomic E-state index is 0.0137. The number of aliphatic hydroxyl groups is 1. The monoisotopic (exact) mass is 1560 g/mol. The molecular formula is C111H93N7O2. The summed E-state index contributed by atoms with van der Waals surface area (Å²) in [6, 6.07) is 102. The Kier molecular flexibility index (Phi) is 20.3. The van der Waals surface area contributed by atoms with Crippen LogP contribution in [0.2, 0.25) is 0 Å². The lowest BCUT2D eigenvalue weighted by Crippen LogP contribution is -2.18. The van der Waals surface area contributed by atoms with Crippen LogP contribution in [-0.4, -0.2) is 51.9 Å². The number of aromatic amines is 7. The molecular weight excluding hydrogens is 1460 g/mol. The zero-order valence-corrected chi connectivity index (χ0v) is 67.3. The van der Waals surface area contributed by atoms with E-state index in [-0.39, 0.29) is 29.6 Å². The number of carbonyl (C=O) groups excluding carboxylic acids is 1. The lowest BCUT2D eigenvalue weighted by Gasteiger charge is -2.24. The molecule has 0 bridgehead atoms. The van der Waals surface area contributed by atoms with E-state index in [1.165, 1.54) is 155 Å². The summed E-state index contributed by atoms with van der Waals surface area (Å²) >= 11 is 0. The molecule has 9 nitrogen and oxygen atoms in total. The number of ketones is 1. The number of hydrogen-bond acceptors (Lipinski definition) is 2. The normalized spacial score (nSPS) is 14.4. The molecule has 0 saturated heterocycles. The molecule has 9 heteroatoms. The molecule has 12 aromatic carbocycles. The van der Waals surface area contributed by atoms with Crippen LogP contribution < -0.4 is 0 Å². The maximum Gasteiger partial charge on any atom is 0.176 e. The number of carbonyl (C=O) groups is 1. The van der Waals surface area contributed by atoms with Crippen LogP contribution in [0, 0.1) is 0 Å². The third-order valence-electron chi connectivity index (χ3n) is 25.7. The Morgan fingerprint density at radius 1 is 0.308 bits per heavy atom. The van der Waals surface area contributed by atoms with Gasteiger partial charge in [-0.2, -0.15) is 0 Å². The van der Waals surface area contributed by atoms with Crippen molar-refractivity contribution in [2.75, 3.05) is 0 Å². The fraction of sp³-hybridized carbons (Fsp3) is 0.126. The van der Waals surface area contributed by atoms with Crippen LogP contribution in [0.3, 0.4) is 0 Å². The number of Topliss-reactive ketones (excluding diaryl/α,β-unsaturated/α-hetero) is 1. The number of allylic oxidation sites excluding steroid dienone is 9. The maximum absolute atomic E-state index is 14.1. The number of fused-ring (bicyclic) bond motifs is 12. The molecule has 5 aliphatic carbocycles. The molecule has 19 aromatic rings. The van der Waals surface area contributed by atoms with Crippen molar-refractivity contribution in [2.24, 2.45) is 0 Å². The third kappa shape index (κ3) is 14.0. The highest BCUT2D eigenvalue weighted by Gasteiger charge is 2.35. The Hall–Kier alpha value is -14.3. The lowest BCUT2D eigenvalue weighted by molar-refractivity contribution is 0.0981. The fourth-order valence-corrected chi connectivity index (χ4v) is 19.7. The molecule has 4 atom stereocenters. The average Bonchev–Trinajstić information content (AvgIpc) is 1.62. The predicted molar refractivity (Wildman–Crippen MR) is 499 cm³/mol. The number of aromatic nitrogens is 7. The number of H-pyrrole nitrogens is 7. The van der Waals surface area contributed by atoms with Gasteiger partial charge in [0.05, 0.1) is 12.0 Å². The summed E-state index contributed by atoms with van der Waals surface area (Å²) in [5, 5.41) is 19.3. The van der Waals surface area contributed by atoms with Gasteiger partial charge in [-0.25, -0.2) is 0 Å². The van der Waals surface area contributed by atoms with Crippen LogP contribution in [0.15, 0.2) is 365 Å². The molecule has 24 rings (SSSR count). The Bertz CT molecular complexity index is 7150. The average molecular weight is 1560 g/mol. The first-order valence-electron chi connectivity index (χ1n) is 42.3. The van der Waals surface area contributed by atoms with E-state index in [1.807, 2.05) is 61.8 Å². The van der Waals surface area contributed by atoms with Gasteiger partial charge >= 0.3 is 0 Å². The molecule has 0 amide bonds. The standard InChI is InChI=1S/C27H20N2O.C26H20N2.C21H21NO.C19H17N.C18H15N/c30-27(23-16-29-25-12-6-4-10-20(23)25)26(21-14-13-17-7-1-2-8-18(17)21)22-15-28-24-11-5-3-9-19(22)24;1-2-8-18-17(7-1)13-14-21(18)26(22-15-27-24-11-5-3-9-19(22)24)23-16-28-25-12-6-4-10-20(23)25;1-2-20(23)21(17-12-11-14-7-3-4-8-15(14)17)18-13-22-19-10-6-5-9-16(18)19;1-13(15-11-10-14-6-2-3-7-16(14)15)18-12-20-19-9-5-4-8-17(18)19;1-2-6-16-13(5-1)9-10-14(16)11-15-12-19-18-8-4-3-7-17(15)18/h1-12,14-16,26,28-29H,13H2;1-12,14-16,26-28H,13H2;3-10,12-13,20-23H,2,11H2,1H3;2-9,11-13,20H,10H2,1H3;1-8,10,12,19H,9,11H2. The predicted octanol–water partition coefficient (Wildman–Crippen LogP) is 26.6. The smallest absolute Gasteiger partial charge is 0.176 e. The number of para-hydroxylation sites is 7.